The highest BCUT2D eigenvalue weighted by molar-refractivity contribution is 7.17. The highest BCUT2D eigenvalue weighted by Gasteiger charge is 2.34. The second-order valence-electron chi connectivity index (χ2n) is 9.03. The van der Waals surface area contributed by atoms with Gasteiger partial charge in [0, 0.05) is 34.4 Å². The molecule has 1 amide bonds. The molecule has 11 heteroatoms. The standard InChI is InChI=1S/C26H23ClF3N5OS/c1-14-23(37-25(32-14)20-4-2-3-11-31-20)24(36)34-17-8-6-16(7-9-17)33-21-13-22(26(28,29)30)35-19-10-5-15(27)12-18(19)21/h2-5,10-13,16-17H,6-9H2,1H3,(H,33,35)(H,34,36)/t16-,17+. The zero-order chi connectivity index (χ0) is 26.2. The molecular weight excluding hydrogens is 523 g/mol. The van der Waals surface area contributed by atoms with Crippen molar-refractivity contribution in [2.45, 2.75) is 50.9 Å². The summed E-state index contributed by atoms with van der Waals surface area (Å²) in [6.07, 6.45) is -0.0907. The van der Waals surface area contributed by atoms with E-state index in [1.54, 1.807) is 19.2 Å². The Kier molecular flexibility index (Phi) is 7.04. The first-order chi connectivity index (χ1) is 17.7. The van der Waals surface area contributed by atoms with Crippen LogP contribution in [0.15, 0.2) is 48.7 Å². The number of pyridine rings is 2. The molecule has 0 atom stereocenters. The zero-order valence-electron chi connectivity index (χ0n) is 19.8. The smallest absolute Gasteiger partial charge is 0.382 e. The van der Waals surface area contributed by atoms with Gasteiger partial charge in [0.25, 0.3) is 5.91 Å². The largest absolute Gasteiger partial charge is 0.433 e. The molecule has 0 saturated heterocycles. The lowest BCUT2D eigenvalue weighted by atomic mass is 9.90. The first-order valence-electron chi connectivity index (χ1n) is 11.8. The van der Waals surface area contributed by atoms with Crippen molar-refractivity contribution in [1.29, 1.82) is 0 Å². The molecule has 0 aliphatic heterocycles. The van der Waals surface area contributed by atoms with Crippen molar-refractivity contribution in [2.75, 3.05) is 5.32 Å². The molecule has 2 N–H and O–H groups in total. The van der Waals surface area contributed by atoms with Crippen molar-refractivity contribution in [2.24, 2.45) is 0 Å². The van der Waals surface area contributed by atoms with Gasteiger partial charge in [0.2, 0.25) is 0 Å². The number of halogens is 4. The van der Waals surface area contributed by atoms with Crippen molar-refractivity contribution in [3.05, 3.63) is 69.9 Å². The number of benzene rings is 1. The number of nitrogens with one attached hydrogen (secondary N) is 2. The Morgan fingerprint density at radius 3 is 2.51 bits per heavy atom. The minimum atomic E-state index is -4.56. The molecule has 3 heterocycles. The van der Waals surface area contributed by atoms with Crippen molar-refractivity contribution in [3.63, 3.8) is 0 Å². The predicted octanol–water partition coefficient (Wildman–Crippen LogP) is 6.89. The molecule has 192 valence electrons. The maximum absolute atomic E-state index is 13.4. The number of rotatable bonds is 5. The summed E-state index contributed by atoms with van der Waals surface area (Å²) in [6.45, 7) is 1.80. The first-order valence-corrected chi connectivity index (χ1v) is 13.0. The number of nitrogens with zero attached hydrogens (tertiary/aromatic N) is 3. The SMILES string of the molecule is Cc1nc(-c2ccccn2)sc1C(=O)N[C@H]1CC[C@@H](Nc2cc(C(F)(F)F)nc3ccc(Cl)cc23)CC1. The Morgan fingerprint density at radius 1 is 1.05 bits per heavy atom. The van der Waals surface area contributed by atoms with Gasteiger partial charge < -0.3 is 10.6 Å². The summed E-state index contributed by atoms with van der Waals surface area (Å²) in [5.41, 5.74) is 1.01. The van der Waals surface area contributed by atoms with Gasteiger partial charge in [-0.3, -0.25) is 9.78 Å². The van der Waals surface area contributed by atoms with E-state index < -0.39 is 11.9 Å². The average Bonchev–Trinajstić information content (AvgIpc) is 3.27. The third kappa shape index (κ3) is 5.70. The van der Waals surface area contributed by atoms with Gasteiger partial charge in [0.15, 0.2) is 0 Å². The summed E-state index contributed by atoms with van der Waals surface area (Å²) >= 11 is 7.41. The lowest BCUT2D eigenvalue weighted by molar-refractivity contribution is -0.140. The molecule has 5 rings (SSSR count). The summed E-state index contributed by atoms with van der Waals surface area (Å²) in [5, 5.41) is 8.03. The first kappa shape index (κ1) is 25.4. The second-order valence-corrected chi connectivity index (χ2v) is 10.5. The van der Waals surface area contributed by atoms with Crippen molar-refractivity contribution < 1.29 is 18.0 Å². The van der Waals surface area contributed by atoms with Crippen LogP contribution in [-0.2, 0) is 6.18 Å². The summed E-state index contributed by atoms with van der Waals surface area (Å²) in [5.74, 6) is -0.168. The molecular formula is C26H23ClF3N5OS. The van der Waals surface area contributed by atoms with Crippen LogP contribution in [-0.4, -0.2) is 32.9 Å². The third-order valence-electron chi connectivity index (χ3n) is 6.37. The molecule has 1 saturated carbocycles. The van der Waals surface area contributed by atoms with E-state index in [2.05, 4.69) is 25.6 Å². The van der Waals surface area contributed by atoms with Gasteiger partial charge in [-0.15, -0.1) is 11.3 Å². The second kappa shape index (κ2) is 10.3. The minimum Gasteiger partial charge on any atom is -0.382 e. The maximum Gasteiger partial charge on any atom is 0.433 e. The summed E-state index contributed by atoms with van der Waals surface area (Å²) in [6, 6.07) is 11.2. The molecule has 3 aromatic heterocycles. The Labute approximate surface area is 220 Å². The van der Waals surface area contributed by atoms with Crippen LogP contribution in [0.2, 0.25) is 5.02 Å². The molecule has 0 bridgehead atoms. The molecule has 1 aliphatic rings. The number of hydrogen-bond donors (Lipinski definition) is 2. The van der Waals surface area contributed by atoms with Crippen LogP contribution < -0.4 is 10.6 Å². The van der Waals surface area contributed by atoms with E-state index in [0.717, 1.165) is 11.8 Å². The van der Waals surface area contributed by atoms with E-state index in [9.17, 15) is 18.0 Å². The van der Waals surface area contributed by atoms with Gasteiger partial charge in [-0.1, -0.05) is 17.7 Å². The predicted molar refractivity (Wildman–Crippen MR) is 139 cm³/mol. The van der Waals surface area contributed by atoms with Crippen molar-refractivity contribution in [1.82, 2.24) is 20.3 Å². The summed E-state index contributed by atoms with van der Waals surface area (Å²) in [7, 11) is 0. The quantitative estimate of drug-likeness (QED) is 0.285. The number of thiazole rings is 1. The molecule has 37 heavy (non-hydrogen) atoms. The lowest BCUT2D eigenvalue weighted by Gasteiger charge is -2.30. The number of aryl methyl sites for hydroxylation is 1. The number of amides is 1. The minimum absolute atomic E-state index is 0.0280. The molecule has 0 radical (unpaired) electrons. The molecule has 1 aliphatic carbocycles. The summed E-state index contributed by atoms with van der Waals surface area (Å²) < 4.78 is 40.3. The number of alkyl halides is 3. The van der Waals surface area contributed by atoms with Gasteiger partial charge in [0.1, 0.15) is 15.6 Å². The van der Waals surface area contributed by atoms with E-state index in [1.807, 2.05) is 18.2 Å². The average molecular weight is 546 g/mol. The molecule has 4 aromatic rings. The van der Waals surface area contributed by atoms with Gasteiger partial charge in [-0.25, -0.2) is 9.97 Å². The number of fused-ring (bicyclic) bond motifs is 1. The Bertz CT molecular complexity index is 1440. The van der Waals surface area contributed by atoms with Gasteiger partial charge in [-0.2, -0.15) is 13.2 Å². The van der Waals surface area contributed by atoms with Gasteiger partial charge >= 0.3 is 6.18 Å². The normalized spacial score (nSPS) is 18.1. The lowest BCUT2D eigenvalue weighted by Crippen LogP contribution is -2.40. The summed E-state index contributed by atoms with van der Waals surface area (Å²) in [4.78, 5) is 26.1. The van der Waals surface area contributed by atoms with Crippen molar-refractivity contribution in [3.8, 4) is 10.7 Å². The molecule has 6 nitrogen and oxygen atoms in total. The van der Waals surface area contributed by atoms with Crippen LogP contribution in [0.25, 0.3) is 21.6 Å². The monoisotopic (exact) mass is 545 g/mol. The Hall–Kier alpha value is -3.24. The Balaban J connectivity index is 1.24. The zero-order valence-corrected chi connectivity index (χ0v) is 21.3. The van der Waals surface area contributed by atoms with Crippen LogP contribution >= 0.6 is 22.9 Å². The molecule has 0 spiro atoms. The topological polar surface area (TPSA) is 79.8 Å². The fourth-order valence-corrected chi connectivity index (χ4v) is 5.64. The molecule has 1 fully saturated rings. The van der Waals surface area contributed by atoms with E-state index in [4.69, 9.17) is 11.6 Å². The molecule has 1 aromatic carbocycles. The maximum atomic E-state index is 13.4. The van der Waals surface area contributed by atoms with E-state index in [1.165, 1.54) is 23.5 Å². The number of carbonyl (C=O) groups is 1. The van der Waals surface area contributed by atoms with Crippen LogP contribution in [0.1, 0.15) is 46.7 Å². The highest BCUT2D eigenvalue weighted by atomic mass is 35.5. The fraction of sp³-hybridized carbons (Fsp3) is 0.308. The van der Waals surface area contributed by atoms with Crippen molar-refractivity contribution >= 4 is 45.4 Å². The molecule has 0 unspecified atom stereocenters. The number of hydrogen-bond acceptors (Lipinski definition) is 6. The highest BCUT2D eigenvalue weighted by Crippen LogP contribution is 2.35. The van der Waals surface area contributed by atoms with Crippen LogP contribution in [0, 0.1) is 6.92 Å². The van der Waals surface area contributed by atoms with E-state index >= 15 is 0 Å². The fourth-order valence-electron chi connectivity index (χ4n) is 4.52. The van der Waals surface area contributed by atoms with Gasteiger partial charge in [0.05, 0.1) is 16.9 Å². The van der Waals surface area contributed by atoms with E-state index in [0.29, 0.717) is 57.4 Å². The number of carbonyl (C=O) groups excluding carboxylic acids is 1. The Morgan fingerprint density at radius 2 is 1.81 bits per heavy atom. The van der Waals surface area contributed by atoms with Gasteiger partial charge in [-0.05, 0) is 69.0 Å². The third-order valence-corrected chi connectivity index (χ3v) is 7.78. The van der Waals surface area contributed by atoms with Crippen LogP contribution in [0.5, 0.6) is 0 Å². The van der Waals surface area contributed by atoms with Crippen LogP contribution in [0.3, 0.4) is 0 Å². The number of aromatic nitrogens is 3. The van der Waals surface area contributed by atoms with Crippen LogP contribution in [0.4, 0.5) is 18.9 Å². The number of anilines is 1. The van der Waals surface area contributed by atoms with E-state index in [-0.39, 0.29) is 23.5 Å².